The van der Waals surface area contributed by atoms with Crippen molar-refractivity contribution in [3.05, 3.63) is 21.9 Å². The quantitative estimate of drug-likeness (QED) is 0.781. The number of piperidine rings is 1. The van der Waals surface area contributed by atoms with Gasteiger partial charge in [0.1, 0.15) is 0 Å². The number of carbonyl (C=O) groups is 1. The first-order valence-corrected chi connectivity index (χ1v) is 7.19. The predicted molar refractivity (Wildman–Crippen MR) is 68.8 cm³/mol. The highest BCUT2D eigenvalue weighted by Gasteiger charge is 2.41. The summed E-state index contributed by atoms with van der Waals surface area (Å²) in [5.41, 5.74) is 1.07. The maximum atomic E-state index is 12.3. The van der Waals surface area contributed by atoms with E-state index >= 15 is 0 Å². The summed E-state index contributed by atoms with van der Waals surface area (Å²) >= 11 is 1.52. The van der Waals surface area contributed by atoms with Crippen LogP contribution in [0.1, 0.15) is 28.1 Å². The highest BCUT2D eigenvalue weighted by molar-refractivity contribution is 7.12. The Morgan fingerprint density at radius 2 is 2.00 bits per heavy atom. The normalized spacial score (nSPS) is 22.6. The van der Waals surface area contributed by atoms with Crippen LogP contribution in [-0.4, -0.2) is 42.9 Å². The number of aryl methyl sites for hydroxylation is 1. The van der Waals surface area contributed by atoms with Gasteiger partial charge in [0.15, 0.2) is 5.79 Å². The zero-order chi connectivity index (χ0) is 12.6. The average Bonchev–Trinajstić information content (AvgIpc) is 2.99. The van der Waals surface area contributed by atoms with Gasteiger partial charge in [0.2, 0.25) is 0 Å². The van der Waals surface area contributed by atoms with Crippen molar-refractivity contribution in [2.75, 3.05) is 26.3 Å². The molecule has 2 fully saturated rings. The lowest BCUT2D eigenvalue weighted by molar-refractivity contribution is -0.181. The van der Waals surface area contributed by atoms with Crippen molar-refractivity contribution in [3.63, 3.8) is 0 Å². The Morgan fingerprint density at radius 3 is 2.56 bits per heavy atom. The predicted octanol–water partition coefficient (Wildman–Crippen LogP) is 2.04. The van der Waals surface area contributed by atoms with Gasteiger partial charge >= 0.3 is 0 Å². The number of nitrogens with zero attached hydrogens (tertiary/aromatic N) is 1. The van der Waals surface area contributed by atoms with Crippen molar-refractivity contribution in [2.24, 2.45) is 0 Å². The second kappa shape index (κ2) is 4.64. The molecule has 18 heavy (non-hydrogen) atoms. The third-order valence-electron chi connectivity index (χ3n) is 3.68. The van der Waals surface area contributed by atoms with Crippen LogP contribution in [0.5, 0.6) is 0 Å². The topological polar surface area (TPSA) is 38.8 Å². The summed E-state index contributed by atoms with van der Waals surface area (Å²) in [5, 5.41) is 1.97. The third-order valence-corrected chi connectivity index (χ3v) is 4.69. The molecule has 4 nitrogen and oxygen atoms in total. The molecule has 1 aromatic heterocycles. The maximum absolute atomic E-state index is 12.3. The van der Waals surface area contributed by atoms with E-state index in [2.05, 4.69) is 0 Å². The molecule has 1 amide bonds. The molecular formula is C13H17NO3S. The van der Waals surface area contributed by atoms with E-state index in [1.807, 2.05) is 23.3 Å². The van der Waals surface area contributed by atoms with Crippen molar-refractivity contribution < 1.29 is 14.3 Å². The molecule has 5 heteroatoms. The minimum absolute atomic E-state index is 0.148. The molecule has 0 N–H and O–H groups in total. The van der Waals surface area contributed by atoms with E-state index in [9.17, 15) is 4.79 Å². The lowest BCUT2D eigenvalue weighted by Gasteiger charge is -2.37. The molecule has 2 aliphatic heterocycles. The summed E-state index contributed by atoms with van der Waals surface area (Å²) in [6.07, 6.45) is 1.56. The van der Waals surface area contributed by atoms with Gasteiger partial charge in [-0.15, -0.1) is 11.3 Å². The fourth-order valence-electron chi connectivity index (χ4n) is 2.57. The van der Waals surface area contributed by atoms with Gasteiger partial charge in [0, 0.05) is 25.9 Å². The number of ether oxygens (including phenoxy) is 2. The van der Waals surface area contributed by atoms with Gasteiger partial charge in [-0.25, -0.2) is 0 Å². The molecule has 0 bridgehead atoms. The van der Waals surface area contributed by atoms with E-state index in [4.69, 9.17) is 9.47 Å². The number of likely N-dealkylation sites (tertiary alicyclic amines) is 1. The van der Waals surface area contributed by atoms with Crippen LogP contribution in [0.15, 0.2) is 11.4 Å². The number of carbonyl (C=O) groups excluding carboxylic acids is 1. The van der Waals surface area contributed by atoms with Crippen LogP contribution in [0.3, 0.4) is 0 Å². The van der Waals surface area contributed by atoms with E-state index in [1.165, 1.54) is 11.3 Å². The smallest absolute Gasteiger partial charge is 0.264 e. The van der Waals surface area contributed by atoms with E-state index in [0.717, 1.165) is 36.4 Å². The molecule has 0 saturated carbocycles. The fraction of sp³-hybridized carbons (Fsp3) is 0.615. The molecule has 0 unspecified atom stereocenters. The molecule has 98 valence electrons. The highest BCUT2D eigenvalue weighted by Crippen LogP contribution is 2.32. The molecule has 0 aliphatic carbocycles. The summed E-state index contributed by atoms with van der Waals surface area (Å²) in [6.45, 7) is 4.78. The average molecular weight is 267 g/mol. The summed E-state index contributed by atoms with van der Waals surface area (Å²) in [5.74, 6) is -0.253. The van der Waals surface area contributed by atoms with E-state index < -0.39 is 5.79 Å². The van der Waals surface area contributed by atoms with E-state index in [-0.39, 0.29) is 5.91 Å². The van der Waals surface area contributed by atoms with Crippen LogP contribution in [0, 0.1) is 6.92 Å². The summed E-state index contributed by atoms with van der Waals surface area (Å²) < 4.78 is 11.3. The van der Waals surface area contributed by atoms with E-state index in [0.29, 0.717) is 13.2 Å². The Balaban J connectivity index is 1.66. The van der Waals surface area contributed by atoms with Crippen LogP contribution in [0.25, 0.3) is 0 Å². The fourth-order valence-corrected chi connectivity index (χ4v) is 3.46. The number of hydrogen-bond acceptors (Lipinski definition) is 4. The number of thiophene rings is 1. The largest absolute Gasteiger partial charge is 0.347 e. The standard InChI is InChI=1S/C13H17NO3S/c1-10-2-9-18-11(10)12(15)14-5-3-13(4-6-14)16-7-8-17-13/h2,9H,3-8H2,1H3. The van der Waals surface area contributed by atoms with Gasteiger partial charge in [0.05, 0.1) is 18.1 Å². The lowest BCUT2D eigenvalue weighted by Crippen LogP contribution is -2.47. The monoisotopic (exact) mass is 267 g/mol. The molecular weight excluding hydrogens is 250 g/mol. The maximum Gasteiger partial charge on any atom is 0.264 e. The van der Waals surface area contributed by atoms with Gasteiger partial charge in [-0.3, -0.25) is 4.79 Å². The molecule has 2 aliphatic rings. The Hall–Kier alpha value is -0.910. The number of amides is 1. The molecule has 0 aromatic carbocycles. The molecule has 1 aromatic rings. The highest BCUT2D eigenvalue weighted by atomic mass is 32.1. The first-order valence-electron chi connectivity index (χ1n) is 6.31. The Bertz CT molecular complexity index is 441. The van der Waals surface area contributed by atoms with Crippen LogP contribution >= 0.6 is 11.3 Å². The van der Waals surface area contributed by atoms with Crippen molar-refractivity contribution in [1.29, 1.82) is 0 Å². The summed E-state index contributed by atoms with van der Waals surface area (Å²) in [4.78, 5) is 15.1. The van der Waals surface area contributed by atoms with Crippen LogP contribution < -0.4 is 0 Å². The molecule has 2 saturated heterocycles. The summed E-state index contributed by atoms with van der Waals surface area (Å²) in [6, 6.07) is 1.99. The molecule has 0 atom stereocenters. The second-order valence-electron chi connectivity index (χ2n) is 4.83. The molecule has 3 heterocycles. The number of hydrogen-bond donors (Lipinski definition) is 0. The first kappa shape index (κ1) is 12.1. The van der Waals surface area contributed by atoms with Gasteiger partial charge in [-0.2, -0.15) is 0 Å². The Kier molecular flexibility index (Phi) is 3.13. The minimum Gasteiger partial charge on any atom is -0.347 e. The van der Waals surface area contributed by atoms with E-state index in [1.54, 1.807) is 0 Å². The van der Waals surface area contributed by atoms with Gasteiger partial charge in [-0.1, -0.05) is 0 Å². The number of rotatable bonds is 1. The molecule has 3 rings (SSSR count). The Labute approximate surface area is 110 Å². The van der Waals surface area contributed by atoms with Crippen LogP contribution in [-0.2, 0) is 9.47 Å². The van der Waals surface area contributed by atoms with Crippen LogP contribution in [0.2, 0.25) is 0 Å². The Morgan fingerprint density at radius 1 is 1.33 bits per heavy atom. The van der Waals surface area contributed by atoms with Gasteiger partial charge in [0.25, 0.3) is 5.91 Å². The van der Waals surface area contributed by atoms with Crippen molar-refractivity contribution >= 4 is 17.2 Å². The zero-order valence-electron chi connectivity index (χ0n) is 10.5. The van der Waals surface area contributed by atoms with Crippen molar-refractivity contribution in [2.45, 2.75) is 25.6 Å². The van der Waals surface area contributed by atoms with Gasteiger partial charge in [-0.05, 0) is 23.9 Å². The van der Waals surface area contributed by atoms with Crippen molar-refractivity contribution in [1.82, 2.24) is 4.90 Å². The summed E-state index contributed by atoms with van der Waals surface area (Å²) in [7, 11) is 0. The third kappa shape index (κ3) is 2.06. The minimum atomic E-state index is -0.402. The first-order chi connectivity index (χ1) is 8.70. The van der Waals surface area contributed by atoms with Gasteiger partial charge < -0.3 is 14.4 Å². The lowest BCUT2D eigenvalue weighted by atomic mass is 10.0. The second-order valence-corrected chi connectivity index (χ2v) is 5.75. The van der Waals surface area contributed by atoms with Crippen molar-refractivity contribution in [3.8, 4) is 0 Å². The SMILES string of the molecule is Cc1ccsc1C(=O)N1CCC2(CC1)OCCO2. The molecule has 1 spiro atoms. The molecule has 0 radical (unpaired) electrons. The zero-order valence-corrected chi connectivity index (χ0v) is 11.3. The van der Waals surface area contributed by atoms with Crippen LogP contribution in [0.4, 0.5) is 0 Å².